The third-order valence-corrected chi connectivity index (χ3v) is 3.14. The first-order valence-electron chi connectivity index (χ1n) is 6.16. The maximum Gasteiger partial charge on any atom is 0.122 e. The van der Waals surface area contributed by atoms with Crippen LogP contribution in [-0.2, 0) is 6.54 Å². The molecule has 0 aliphatic carbocycles. The molecule has 0 fully saturated rings. The lowest BCUT2D eigenvalue weighted by Crippen LogP contribution is -1.98. The summed E-state index contributed by atoms with van der Waals surface area (Å²) in [4.78, 5) is 0. The SMILES string of the molecule is CCC(C)c1ccc(NCc2ccco2)cc1. The normalized spacial score (nSPS) is 12.4. The van der Waals surface area contributed by atoms with E-state index in [-0.39, 0.29) is 0 Å². The molecule has 1 N–H and O–H groups in total. The van der Waals surface area contributed by atoms with Crippen molar-refractivity contribution in [2.75, 3.05) is 5.32 Å². The summed E-state index contributed by atoms with van der Waals surface area (Å²) in [6, 6.07) is 12.5. The van der Waals surface area contributed by atoms with Gasteiger partial charge in [-0.25, -0.2) is 0 Å². The third kappa shape index (κ3) is 3.13. The Labute approximate surface area is 103 Å². The van der Waals surface area contributed by atoms with Crippen molar-refractivity contribution < 1.29 is 4.42 Å². The highest BCUT2D eigenvalue weighted by Gasteiger charge is 2.02. The standard InChI is InChI=1S/C15H19NO/c1-3-12(2)13-6-8-14(9-7-13)16-11-15-5-4-10-17-15/h4-10,12,16H,3,11H2,1-2H3. The van der Waals surface area contributed by atoms with Crippen LogP contribution >= 0.6 is 0 Å². The zero-order valence-electron chi connectivity index (χ0n) is 10.4. The molecule has 2 rings (SSSR count). The Morgan fingerprint density at radius 3 is 2.53 bits per heavy atom. The van der Waals surface area contributed by atoms with Gasteiger partial charge in [-0.05, 0) is 42.2 Å². The van der Waals surface area contributed by atoms with Gasteiger partial charge in [0, 0.05) is 5.69 Å². The molecule has 0 amide bonds. The molecule has 0 bridgehead atoms. The molecule has 1 aromatic heterocycles. The van der Waals surface area contributed by atoms with Crippen LogP contribution in [0, 0.1) is 0 Å². The highest BCUT2D eigenvalue weighted by molar-refractivity contribution is 5.45. The lowest BCUT2D eigenvalue weighted by Gasteiger charge is -2.10. The van der Waals surface area contributed by atoms with E-state index >= 15 is 0 Å². The van der Waals surface area contributed by atoms with Crippen LogP contribution in [-0.4, -0.2) is 0 Å². The van der Waals surface area contributed by atoms with Gasteiger partial charge >= 0.3 is 0 Å². The molecule has 2 nitrogen and oxygen atoms in total. The predicted molar refractivity (Wildman–Crippen MR) is 71.2 cm³/mol. The van der Waals surface area contributed by atoms with Crippen LogP contribution in [0.2, 0.25) is 0 Å². The number of nitrogens with one attached hydrogen (secondary N) is 1. The zero-order valence-corrected chi connectivity index (χ0v) is 10.4. The average molecular weight is 229 g/mol. The van der Waals surface area contributed by atoms with E-state index in [4.69, 9.17) is 4.42 Å². The number of hydrogen-bond acceptors (Lipinski definition) is 2. The van der Waals surface area contributed by atoms with E-state index in [1.54, 1.807) is 6.26 Å². The van der Waals surface area contributed by atoms with E-state index in [9.17, 15) is 0 Å². The maximum atomic E-state index is 5.27. The molecule has 2 heteroatoms. The average Bonchev–Trinajstić information content (AvgIpc) is 2.89. The van der Waals surface area contributed by atoms with Gasteiger partial charge in [-0.2, -0.15) is 0 Å². The summed E-state index contributed by atoms with van der Waals surface area (Å²) in [5.41, 5.74) is 2.53. The smallest absolute Gasteiger partial charge is 0.122 e. The molecule has 0 aliphatic heterocycles. The summed E-state index contributed by atoms with van der Waals surface area (Å²) in [5, 5.41) is 3.34. The molecule has 1 aromatic carbocycles. The van der Waals surface area contributed by atoms with Gasteiger partial charge in [0.15, 0.2) is 0 Å². The first kappa shape index (κ1) is 11.8. The molecular formula is C15H19NO. The summed E-state index contributed by atoms with van der Waals surface area (Å²) in [6.45, 7) is 5.20. The van der Waals surface area contributed by atoms with E-state index in [1.165, 1.54) is 12.0 Å². The van der Waals surface area contributed by atoms with Crippen molar-refractivity contribution in [1.29, 1.82) is 0 Å². The molecular weight excluding hydrogens is 210 g/mol. The van der Waals surface area contributed by atoms with E-state index in [0.29, 0.717) is 5.92 Å². The van der Waals surface area contributed by atoms with Crippen molar-refractivity contribution in [1.82, 2.24) is 0 Å². The Morgan fingerprint density at radius 2 is 1.94 bits per heavy atom. The monoisotopic (exact) mass is 229 g/mol. The van der Waals surface area contributed by atoms with Gasteiger partial charge in [0.05, 0.1) is 12.8 Å². The van der Waals surface area contributed by atoms with Crippen molar-refractivity contribution >= 4 is 5.69 Å². The molecule has 0 radical (unpaired) electrons. The third-order valence-electron chi connectivity index (χ3n) is 3.14. The molecule has 0 spiro atoms. The number of hydrogen-bond donors (Lipinski definition) is 1. The Bertz CT molecular complexity index is 430. The van der Waals surface area contributed by atoms with Crippen LogP contribution in [0.25, 0.3) is 0 Å². The minimum absolute atomic E-state index is 0.633. The number of furan rings is 1. The summed E-state index contributed by atoms with van der Waals surface area (Å²) in [6.07, 6.45) is 2.88. The van der Waals surface area contributed by atoms with E-state index in [0.717, 1.165) is 18.0 Å². The molecule has 1 unspecified atom stereocenters. The fourth-order valence-corrected chi connectivity index (χ4v) is 1.77. The maximum absolute atomic E-state index is 5.27. The summed E-state index contributed by atoms with van der Waals surface area (Å²) < 4.78 is 5.27. The lowest BCUT2D eigenvalue weighted by atomic mass is 9.99. The largest absolute Gasteiger partial charge is 0.467 e. The molecule has 17 heavy (non-hydrogen) atoms. The first-order chi connectivity index (χ1) is 8.29. The second kappa shape index (κ2) is 5.58. The molecule has 1 heterocycles. The zero-order chi connectivity index (χ0) is 12.1. The van der Waals surface area contributed by atoms with E-state index in [1.807, 2.05) is 12.1 Å². The highest BCUT2D eigenvalue weighted by Crippen LogP contribution is 2.20. The van der Waals surface area contributed by atoms with Gasteiger partial charge in [-0.3, -0.25) is 0 Å². The van der Waals surface area contributed by atoms with Gasteiger partial charge in [0.2, 0.25) is 0 Å². The lowest BCUT2D eigenvalue weighted by molar-refractivity contribution is 0.518. The Kier molecular flexibility index (Phi) is 3.86. The van der Waals surface area contributed by atoms with Crippen LogP contribution in [0.3, 0.4) is 0 Å². The van der Waals surface area contributed by atoms with Crippen molar-refractivity contribution in [2.24, 2.45) is 0 Å². The van der Waals surface area contributed by atoms with Crippen LogP contribution in [0.5, 0.6) is 0 Å². The second-order valence-electron chi connectivity index (χ2n) is 4.36. The van der Waals surface area contributed by atoms with Gasteiger partial charge < -0.3 is 9.73 Å². The Hall–Kier alpha value is -1.70. The van der Waals surface area contributed by atoms with Crippen molar-refractivity contribution in [3.8, 4) is 0 Å². The van der Waals surface area contributed by atoms with Gasteiger partial charge in [0.25, 0.3) is 0 Å². The van der Waals surface area contributed by atoms with E-state index < -0.39 is 0 Å². The van der Waals surface area contributed by atoms with E-state index in [2.05, 4.69) is 43.4 Å². The quantitative estimate of drug-likeness (QED) is 0.821. The highest BCUT2D eigenvalue weighted by atomic mass is 16.3. The van der Waals surface area contributed by atoms with Crippen LogP contribution in [0.15, 0.2) is 47.1 Å². The molecule has 0 aliphatic rings. The van der Waals surface area contributed by atoms with Crippen LogP contribution in [0.4, 0.5) is 5.69 Å². The summed E-state index contributed by atoms with van der Waals surface area (Å²) >= 11 is 0. The topological polar surface area (TPSA) is 25.2 Å². The molecule has 0 saturated carbocycles. The fourth-order valence-electron chi connectivity index (χ4n) is 1.77. The fraction of sp³-hybridized carbons (Fsp3) is 0.333. The number of anilines is 1. The number of rotatable bonds is 5. The van der Waals surface area contributed by atoms with Crippen molar-refractivity contribution in [3.05, 3.63) is 54.0 Å². The Morgan fingerprint density at radius 1 is 1.18 bits per heavy atom. The second-order valence-corrected chi connectivity index (χ2v) is 4.36. The van der Waals surface area contributed by atoms with Crippen molar-refractivity contribution in [2.45, 2.75) is 32.7 Å². The summed E-state index contributed by atoms with van der Waals surface area (Å²) in [5.74, 6) is 1.59. The van der Waals surface area contributed by atoms with Gasteiger partial charge in [0.1, 0.15) is 5.76 Å². The van der Waals surface area contributed by atoms with Gasteiger partial charge in [-0.1, -0.05) is 26.0 Å². The van der Waals surface area contributed by atoms with Crippen molar-refractivity contribution in [3.63, 3.8) is 0 Å². The van der Waals surface area contributed by atoms with Crippen LogP contribution in [0.1, 0.15) is 37.5 Å². The molecule has 1 atom stereocenters. The number of benzene rings is 1. The minimum Gasteiger partial charge on any atom is -0.467 e. The minimum atomic E-state index is 0.633. The summed E-state index contributed by atoms with van der Waals surface area (Å²) in [7, 11) is 0. The van der Waals surface area contributed by atoms with Crippen LogP contribution < -0.4 is 5.32 Å². The predicted octanol–water partition coefficient (Wildman–Crippen LogP) is 4.41. The Balaban J connectivity index is 1.94. The molecule has 2 aromatic rings. The first-order valence-corrected chi connectivity index (χ1v) is 6.16. The molecule has 0 saturated heterocycles. The van der Waals surface area contributed by atoms with Gasteiger partial charge in [-0.15, -0.1) is 0 Å². The molecule has 90 valence electrons.